The first-order chi connectivity index (χ1) is 6.06. The van der Waals surface area contributed by atoms with E-state index in [1.807, 2.05) is 0 Å². The van der Waals surface area contributed by atoms with Crippen LogP contribution in [0.15, 0.2) is 0 Å². The number of nitrogens with two attached hydrogens (primary N) is 1. The van der Waals surface area contributed by atoms with Crippen LogP contribution >= 0.6 is 0 Å². The van der Waals surface area contributed by atoms with Gasteiger partial charge in [-0.05, 0) is 18.8 Å². The number of carbonyl (C=O) groups is 1. The molecule has 0 spiro atoms. The normalized spacial score (nSPS) is 33.9. The minimum Gasteiger partial charge on any atom is -0.438 e. The SMILES string of the molecule is COC(=O)O[C@]1(N)CC[C@H](C)CC1. The van der Waals surface area contributed by atoms with Crippen molar-refractivity contribution in [2.45, 2.75) is 38.3 Å². The van der Waals surface area contributed by atoms with E-state index in [1.54, 1.807) is 0 Å². The number of carbonyl (C=O) groups excluding carboxylic acids is 1. The van der Waals surface area contributed by atoms with Gasteiger partial charge in [0, 0.05) is 12.8 Å². The highest BCUT2D eigenvalue weighted by Gasteiger charge is 2.34. The van der Waals surface area contributed by atoms with Gasteiger partial charge in [0.05, 0.1) is 7.11 Å². The molecule has 0 aromatic carbocycles. The van der Waals surface area contributed by atoms with E-state index in [-0.39, 0.29) is 0 Å². The Morgan fingerprint density at radius 3 is 2.46 bits per heavy atom. The molecule has 1 saturated carbocycles. The zero-order valence-corrected chi connectivity index (χ0v) is 8.21. The Kier molecular flexibility index (Phi) is 3.14. The van der Waals surface area contributed by atoms with Crippen molar-refractivity contribution >= 4 is 6.16 Å². The fourth-order valence-corrected chi connectivity index (χ4v) is 1.56. The maximum Gasteiger partial charge on any atom is 0.509 e. The zero-order chi connectivity index (χ0) is 9.90. The molecule has 76 valence electrons. The van der Waals surface area contributed by atoms with Crippen LogP contribution in [0.4, 0.5) is 4.79 Å². The van der Waals surface area contributed by atoms with Gasteiger partial charge in [-0.3, -0.25) is 5.73 Å². The van der Waals surface area contributed by atoms with Crippen LogP contribution in [0, 0.1) is 5.92 Å². The van der Waals surface area contributed by atoms with Gasteiger partial charge in [-0.25, -0.2) is 4.79 Å². The quantitative estimate of drug-likeness (QED) is 0.500. The maximum atomic E-state index is 10.8. The van der Waals surface area contributed by atoms with Crippen LogP contribution in [0.1, 0.15) is 32.6 Å². The molecule has 1 aliphatic carbocycles. The molecule has 0 unspecified atom stereocenters. The minimum absolute atomic E-state index is 0.679. The predicted molar refractivity (Wildman–Crippen MR) is 48.0 cm³/mol. The van der Waals surface area contributed by atoms with E-state index in [0.717, 1.165) is 25.7 Å². The summed E-state index contributed by atoms with van der Waals surface area (Å²) in [5.74, 6) is 0.679. The van der Waals surface area contributed by atoms with E-state index in [1.165, 1.54) is 7.11 Å². The first-order valence-corrected chi connectivity index (χ1v) is 4.61. The topological polar surface area (TPSA) is 61.5 Å². The van der Waals surface area contributed by atoms with Crippen molar-refractivity contribution < 1.29 is 14.3 Å². The zero-order valence-electron chi connectivity index (χ0n) is 8.21. The minimum atomic E-state index is -0.792. The Bertz CT molecular complexity index is 185. The molecule has 0 bridgehead atoms. The average Bonchev–Trinajstić information content (AvgIpc) is 2.10. The molecule has 4 nitrogen and oxygen atoms in total. The molecule has 0 amide bonds. The average molecular weight is 187 g/mol. The third kappa shape index (κ3) is 2.88. The third-order valence-corrected chi connectivity index (χ3v) is 2.57. The summed E-state index contributed by atoms with van der Waals surface area (Å²) in [6.45, 7) is 2.18. The van der Waals surface area contributed by atoms with Gasteiger partial charge in [0.2, 0.25) is 0 Å². The highest BCUT2D eigenvalue weighted by Crippen LogP contribution is 2.30. The Hall–Kier alpha value is -0.770. The van der Waals surface area contributed by atoms with E-state index < -0.39 is 11.9 Å². The van der Waals surface area contributed by atoms with E-state index in [9.17, 15) is 4.79 Å². The molecule has 0 aliphatic heterocycles. The number of methoxy groups -OCH3 is 1. The van der Waals surface area contributed by atoms with Crippen LogP contribution in [0.25, 0.3) is 0 Å². The van der Waals surface area contributed by atoms with Gasteiger partial charge in [0.25, 0.3) is 0 Å². The molecule has 0 aromatic heterocycles. The van der Waals surface area contributed by atoms with Gasteiger partial charge in [-0.2, -0.15) is 0 Å². The van der Waals surface area contributed by atoms with Crippen molar-refractivity contribution in [1.29, 1.82) is 0 Å². The molecule has 0 aromatic rings. The van der Waals surface area contributed by atoms with Crippen molar-refractivity contribution in [2.24, 2.45) is 11.7 Å². The number of rotatable bonds is 1. The van der Waals surface area contributed by atoms with Gasteiger partial charge in [-0.1, -0.05) is 6.92 Å². The van der Waals surface area contributed by atoms with Crippen molar-refractivity contribution in [3.8, 4) is 0 Å². The lowest BCUT2D eigenvalue weighted by molar-refractivity contribution is -0.0510. The smallest absolute Gasteiger partial charge is 0.438 e. The van der Waals surface area contributed by atoms with Crippen LogP contribution in [-0.4, -0.2) is 19.0 Å². The molecule has 0 heterocycles. The molecular formula is C9H17NO3. The Labute approximate surface area is 78.4 Å². The highest BCUT2D eigenvalue weighted by molar-refractivity contribution is 5.60. The second-order valence-corrected chi connectivity index (χ2v) is 3.80. The second kappa shape index (κ2) is 3.96. The molecule has 0 atom stereocenters. The lowest BCUT2D eigenvalue weighted by Crippen LogP contribution is -2.47. The molecule has 2 N–H and O–H groups in total. The van der Waals surface area contributed by atoms with Crippen molar-refractivity contribution in [2.75, 3.05) is 7.11 Å². The van der Waals surface area contributed by atoms with Gasteiger partial charge < -0.3 is 9.47 Å². The summed E-state index contributed by atoms with van der Waals surface area (Å²) in [4.78, 5) is 10.8. The van der Waals surface area contributed by atoms with Gasteiger partial charge in [0.1, 0.15) is 0 Å². The van der Waals surface area contributed by atoms with Crippen LogP contribution in [0.5, 0.6) is 0 Å². The van der Waals surface area contributed by atoms with Crippen LogP contribution in [0.2, 0.25) is 0 Å². The Morgan fingerprint density at radius 2 is 2.00 bits per heavy atom. The van der Waals surface area contributed by atoms with Gasteiger partial charge in [0.15, 0.2) is 5.72 Å². The Morgan fingerprint density at radius 1 is 1.46 bits per heavy atom. The Balaban J connectivity index is 2.43. The second-order valence-electron chi connectivity index (χ2n) is 3.80. The molecule has 4 heteroatoms. The van der Waals surface area contributed by atoms with Gasteiger partial charge in [-0.15, -0.1) is 0 Å². The summed E-state index contributed by atoms with van der Waals surface area (Å²) in [7, 11) is 1.29. The lowest BCUT2D eigenvalue weighted by Gasteiger charge is -2.34. The monoisotopic (exact) mass is 187 g/mol. The number of hydrogen-bond donors (Lipinski definition) is 1. The molecular weight excluding hydrogens is 170 g/mol. The largest absolute Gasteiger partial charge is 0.509 e. The summed E-state index contributed by atoms with van der Waals surface area (Å²) in [5.41, 5.74) is 5.08. The number of ether oxygens (including phenoxy) is 2. The van der Waals surface area contributed by atoms with E-state index in [4.69, 9.17) is 10.5 Å². The van der Waals surface area contributed by atoms with Crippen LogP contribution < -0.4 is 5.73 Å². The molecule has 0 saturated heterocycles. The van der Waals surface area contributed by atoms with Crippen molar-refractivity contribution in [1.82, 2.24) is 0 Å². The summed E-state index contributed by atoms with van der Waals surface area (Å²) >= 11 is 0. The van der Waals surface area contributed by atoms with Crippen molar-refractivity contribution in [3.05, 3.63) is 0 Å². The molecule has 1 aliphatic rings. The standard InChI is InChI=1S/C9H17NO3/c1-7-3-5-9(10,6-4-7)13-8(11)12-2/h7H,3-6,10H2,1-2H3/t7-,9+. The molecule has 0 radical (unpaired) electrons. The fourth-order valence-electron chi connectivity index (χ4n) is 1.56. The third-order valence-electron chi connectivity index (χ3n) is 2.57. The van der Waals surface area contributed by atoms with Gasteiger partial charge >= 0.3 is 6.16 Å². The first kappa shape index (κ1) is 10.3. The summed E-state index contributed by atoms with van der Waals surface area (Å²) in [6.07, 6.45) is 2.78. The maximum absolute atomic E-state index is 10.8. The predicted octanol–water partition coefficient (Wildman–Crippen LogP) is 1.63. The lowest BCUT2D eigenvalue weighted by atomic mass is 9.85. The molecule has 1 rings (SSSR count). The summed E-state index contributed by atoms with van der Waals surface area (Å²) < 4.78 is 9.40. The molecule has 13 heavy (non-hydrogen) atoms. The summed E-state index contributed by atoms with van der Waals surface area (Å²) in [5, 5.41) is 0. The first-order valence-electron chi connectivity index (χ1n) is 4.61. The van der Waals surface area contributed by atoms with E-state index in [2.05, 4.69) is 11.7 Å². The number of hydrogen-bond acceptors (Lipinski definition) is 4. The van der Waals surface area contributed by atoms with E-state index in [0.29, 0.717) is 5.92 Å². The fraction of sp³-hybridized carbons (Fsp3) is 0.889. The van der Waals surface area contributed by atoms with Crippen molar-refractivity contribution in [3.63, 3.8) is 0 Å². The van der Waals surface area contributed by atoms with Crippen LogP contribution in [0.3, 0.4) is 0 Å². The molecule has 1 fully saturated rings. The summed E-state index contributed by atoms with van der Waals surface area (Å²) in [6, 6.07) is 0. The van der Waals surface area contributed by atoms with Crippen LogP contribution in [-0.2, 0) is 9.47 Å². The highest BCUT2D eigenvalue weighted by atomic mass is 16.7. The van der Waals surface area contributed by atoms with E-state index >= 15 is 0 Å².